The summed E-state index contributed by atoms with van der Waals surface area (Å²) in [6, 6.07) is 6.18. The van der Waals surface area contributed by atoms with Crippen LogP contribution in [0.3, 0.4) is 0 Å². The van der Waals surface area contributed by atoms with Crippen molar-refractivity contribution in [1.29, 1.82) is 0 Å². The molecular weight excluding hydrogens is 418 g/mol. The van der Waals surface area contributed by atoms with Crippen molar-refractivity contribution in [3.8, 4) is 0 Å². The van der Waals surface area contributed by atoms with Crippen LogP contribution in [0.5, 0.6) is 0 Å². The number of hydrogen-bond acceptors (Lipinski definition) is 3. The molecule has 0 unspecified atom stereocenters. The summed E-state index contributed by atoms with van der Waals surface area (Å²) in [4.78, 5) is 16.7. The minimum Gasteiger partial charge on any atom is -0.298 e. The molecule has 10 heteroatoms. The Balaban J connectivity index is 1.99. The minimum absolute atomic E-state index is 0.0244. The number of para-hydroxylation sites is 1. The molecule has 0 aliphatic carbocycles. The largest absolute Gasteiger partial charge is 0.416 e. The first-order valence-corrected chi connectivity index (χ1v) is 9.18. The predicted molar refractivity (Wildman–Crippen MR) is 98.1 cm³/mol. The summed E-state index contributed by atoms with van der Waals surface area (Å²) in [6.45, 7) is 3.90. The van der Waals surface area contributed by atoms with Crippen molar-refractivity contribution in [2.45, 2.75) is 32.1 Å². The van der Waals surface area contributed by atoms with Crippen LogP contribution in [-0.2, 0) is 12.4 Å². The van der Waals surface area contributed by atoms with Gasteiger partial charge in [0.2, 0.25) is 0 Å². The molecule has 0 saturated carbocycles. The smallest absolute Gasteiger partial charge is 0.298 e. The molecule has 0 fully saturated rings. The van der Waals surface area contributed by atoms with E-state index in [9.17, 15) is 31.1 Å². The molecule has 29 heavy (non-hydrogen) atoms. The molecule has 3 aromatic rings. The number of hydrogen-bond donors (Lipinski definition) is 1. The quantitative estimate of drug-likeness (QED) is 0.468. The number of fused-ring (bicyclic) bond motifs is 1. The number of carbonyl (C=O) groups excluding carboxylic acids is 1. The van der Waals surface area contributed by atoms with Gasteiger partial charge in [-0.15, -0.1) is 0 Å². The highest BCUT2D eigenvalue weighted by Gasteiger charge is 2.37. The zero-order valence-electron chi connectivity index (χ0n) is 15.1. The fourth-order valence-electron chi connectivity index (χ4n) is 2.74. The van der Waals surface area contributed by atoms with E-state index in [1.807, 2.05) is 26.0 Å². The summed E-state index contributed by atoms with van der Waals surface area (Å²) >= 11 is 1.08. The number of aromatic nitrogens is 1. The fourth-order valence-corrected chi connectivity index (χ4v) is 3.64. The number of carbonyl (C=O) groups is 1. The van der Waals surface area contributed by atoms with Gasteiger partial charge in [-0.3, -0.25) is 10.1 Å². The van der Waals surface area contributed by atoms with E-state index in [-0.39, 0.29) is 17.1 Å². The number of alkyl halides is 6. The first-order valence-electron chi connectivity index (χ1n) is 8.36. The lowest BCUT2D eigenvalue weighted by Crippen LogP contribution is -2.17. The molecule has 0 radical (unpaired) electrons. The number of rotatable bonds is 3. The van der Waals surface area contributed by atoms with Gasteiger partial charge in [0.25, 0.3) is 5.91 Å². The molecule has 0 aliphatic heterocycles. The maximum atomic E-state index is 13.0. The summed E-state index contributed by atoms with van der Waals surface area (Å²) in [5.41, 5.74) is -2.32. The Kier molecular flexibility index (Phi) is 5.33. The van der Waals surface area contributed by atoms with E-state index >= 15 is 0 Å². The van der Waals surface area contributed by atoms with Gasteiger partial charge in [0.15, 0.2) is 5.13 Å². The summed E-state index contributed by atoms with van der Waals surface area (Å²) in [5.74, 6) is -0.964. The van der Waals surface area contributed by atoms with Crippen LogP contribution in [0, 0.1) is 0 Å². The lowest BCUT2D eigenvalue weighted by molar-refractivity contribution is -0.143. The van der Waals surface area contributed by atoms with Gasteiger partial charge in [-0.1, -0.05) is 37.3 Å². The second-order valence-electron chi connectivity index (χ2n) is 6.62. The monoisotopic (exact) mass is 432 g/mol. The molecular formula is C19H14F6N2OS. The number of benzene rings is 2. The molecule has 1 N–H and O–H groups in total. The molecule has 0 saturated heterocycles. The third-order valence-corrected chi connectivity index (χ3v) is 5.08. The molecule has 1 aromatic heterocycles. The summed E-state index contributed by atoms with van der Waals surface area (Å²) < 4.78 is 78.6. The third kappa shape index (κ3) is 4.52. The van der Waals surface area contributed by atoms with Gasteiger partial charge in [0, 0.05) is 5.56 Å². The zero-order chi connectivity index (χ0) is 21.6. The van der Waals surface area contributed by atoms with Crippen LogP contribution >= 0.6 is 11.3 Å². The predicted octanol–water partition coefficient (Wildman–Crippen LogP) is 6.71. The average Bonchev–Trinajstić information content (AvgIpc) is 3.01. The number of nitrogens with one attached hydrogen (secondary N) is 1. The normalized spacial score (nSPS) is 12.6. The van der Waals surface area contributed by atoms with Crippen molar-refractivity contribution in [2.24, 2.45) is 0 Å². The molecule has 1 heterocycles. The molecule has 0 atom stereocenters. The lowest BCUT2D eigenvalue weighted by atomic mass is 10.0. The van der Waals surface area contributed by atoms with Crippen molar-refractivity contribution < 1.29 is 31.1 Å². The van der Waals surface area contributed by atoms with Crippen LogP contribution in [0.2, 0.25) is 0 Å². The van der Waals surface area contributed by atoms with Crippen LogP contribution in [0.1, 0.15) is 46.8 Å². The lowest BCUT2D eigenvalue weighted by Gasteiger charge is -2.13. The van der Waals surface area contributed by atoms with Gasteiger partial charge in [-0.25, -0.2) is 4.98 Å². The molecule has 0 bridgehead atoms. The van der Waals surface area contributed by atoms with Crippen LogP contribution in [0.4, 0.5) is 31.5 Å². The Labute approximate surface area is 165 Å². The first-order chi connectivity index (χ1) is 13.4. The minimum atomic E-state index is -5.03. The van der Waals surface area contributed by atoms with Crippen LogP contribution in [0.15, 0.2) is 36.4 Å². The van der Waals surface area contributed by atoms with E-state index in [0.717, 1.165) is 21.6 Å². The Bertz CT molecular complexity index is 1040. The fraction of sp³-hybridized carbons (Fsp3) is 0.263. The van der Waals surface area contributed by atoms with Gasteiger partial charge < -0.3 is 0 Å². The molecule has 3 nitrogen and oxygen atoms in total. The Morgan fingerprint density at radius 3 is 2.10 bits per heavy atom. The second kappa shape index (κ2) is 7.33. The summed E-state index contributed by atoms with van der Waals surface area (Å²) in [7, 11) is 0. The number of nitrogens with zero attached hydrogens (tertiary/aromatic N) is 1. The number of thiazole rings is 1. The molecule has 3 rings (SSSR count). The van der Waals surface area contributed by atoms with Gasteiger partial charge in [0.05, 0.1) is 21.3 Å². The highest BCUT2D eigenvalue weighted by molar-refractivity contribution is 7.22. The van der Waals surface area contributed by atoms with Crippen molar-refractivity contribution in [3.63, 3.8) is 0 Å². The Hall–Kier alpha value is -2.62. The highest BCUT2D eigenvalue weighted by atomic mass is 32.1. The van der Waals surface area contributed by atoms with Crippen molar-refractivity contribution in [2.75, 3.05) is 5.32 Å². The van der Waals surface area contributed by atoms with Gasteiger partial charge >= 0.3 is 12.4 Å². The molecule has 0 aliphatic rings. The van der Waals surface area contributed by atoms with Crippen molar-refractivity contribution in [1.82, 2.24) is 4.98 Å². The zero-order valence-corrected chi connectivity index (χ0v) is 15.9. The highest BCUT2D eigenvalue weighted by Crippen LogP contribution is 2.37. The topological polar surface area (TPSA) is 42.0 Å². The second-order valence-corrected chi connectivity index (χ2v) is 7.65. The van der Waals surface area contributed by atoms with Crippen molar-refractivity contribution >= 4 is 32.6 Å². The number of amides is 1. The maximum Gasteiger partial charge on any atom is 0.416 e. The molecule has 0 spiro atoms. The van der Waals surface area contributed by atoms with E-state index in [1.54, 1.807) is 6.07 Å². The van der Waals surface area contributed by atoms with Crippen LogP contribution in [-0.4, -0.2) is 10.9 Å². The average molecular weight is 432 g/mol. The Morgan fingerprint density at radius 1 is 1.00 bits per heavy atom. The maximum absolute atomic E-state index is 13.0. The van der Waals surface area contributed by atoms with Gasteiger partial charge in [-0.2, -0.15) is 26.3 Å². The number of anilines is 1. The molecule has 2 aromatic carbocycles. The summed E-state index contributed by atoms with van der Waals surface area (Å²) in [5, 5.41) is 2.39. The molecule has 154 valence electrons. The SMILES string of the molecule is CC(C)c1cccc2sc(NC(=O)c3cc(C(F)(F)F)cc(C(F)(F)F)c3)nc12. The van der Waals surface area contributed by atoms with Crippen LogP contribution in [0.25, 0.3) is 10.2 Å². The van der Waals surface area contributed by atoms with Gasteiger partial charge in [0.1, 0.15) is 0 Å². The van der Waals surface area contributed by atoms with E-state index < -0.39 is 35.0 Å². The van der Waals surface area contributed by atoms with E-state index in [1.165, 1.54) is 0 Å². The van der Waals surface area contributed by atoms with Crippen LogP contribution < -0.4 is 5.32 Å². The first kappa shape index (κ1) is 21.1. The molecule has 1 amide bonds. The summed E-state index contributed by atoms with van der Waals surface area (Å²) in [6.07, 6.45) is -10.1. The Morgan fingerprint density at radius 2 is 1.59 bits per heavy atom. The van der Waals surface area contributed by atoms with E-state index in [2.05, 4.69) is 10.3 Å². The standard InChI is InChI=1S/C19H14F6N2OS/c1-9(2)13-4-3-5-14-15(13)26-17(29-14)27-16(28)10-6-11(18(20,21)22)8-12(7-10)19(23,24)25/h3-9H,1-2H3,(H,26,27,28). The van der Waals surface area contributed by atoms with Gasteiger partial charge in [-0.05, 0) is 35.7 Å². The third-order valence-electron chi connectivity index (χ3n) is 4.14. The van der Waals surface area contributed by atoms with E-state index in [0.29, 0.717) is 17.6 Å². The number of halogens is 6. The van der Waals surface area contributed by atoms with E-state index in [4.69, 9.17) is 0 Å². The van der Waals surface area contributed by atoms with Crippen molar-refractivity contribution in [3.05, 3.63) is 58.7 Å².